The highest BCUT2D eigenvalue weighted by atomic mass is 35.5. The SMILES string of the molecule is COc1ccc(S(=O)(=O)n2ccc3cc(Cl)ccc32)cc1[N+](=O)[O-]. The first-order valence-electron chi connectivity index (χ1n) is 6.69. The normalized spacial score (nSPS) is 11.6. The zero-order valence-corrected chi connectivity index (χ0v) is 13.9. The van der Waals surface area contributed by atoms with Gasteiger partial charge in [-0.3, -0.25) is 10.1 Å². The number of nitrogens with zero attached hydrogens (tertiary/aromatic N) is 2. The van der Waals surface area contributed by atoms with Gasteiger partial charge in [-0.2, -0.15) is 0 Å². The van der Waals surface area contributed by atoms with Gasteiger partial charge in [0.05, 0.1) is 22.4 Å². The number of hydrogen-bond donors (Lipinski definition) is 0. The van der Waals surface area contributed by atoms with Gasteiger partial charge in [-0.15, -0.1) is 0 Å². The van der Waals surface area contributed by atoms with Gasteiger partial charge in [-0.25, -0.2) is 12.4 Å². The summed E-state index contributed by atoms with van der Waals surface area (Å²) in [6.45, 7) is 0. The molecule has 0 unspecified atom stereocenters. The number of benzene rings is 2. The van der Waals surface area contributed by atoms with E-state index in [9.17, 15) is 18.5 Å². The number of fused-ring (bicyclic) bond motifs is 1. The number of nitro benzene ring substituents is 1. The number of aromatic nitrogens is 1. The quantitative estimate of drug-likeness (QED) is 0.521. The van der Waals surface area contributed by atoms with Gasteiger partial charge in [0, 0.05) is 22.7 Å². The second-order valence-corrected chi connectivity index (χ2v) is 7.16. The van der Waals surface area contributed by atoms with Crippen LogP contribution in [0, 0.1) is 10.1 Å². The van der Waals surface area contributed by atoms with Crippen LogP contribution in [0.25, 0.3) is 10.9 Å². The summed E-state index contributed by atoms with van der Waals surface area (Å²) >= 11 is 5.90. The van der Waals surface area contributed by atoms with Gasteiger partial charge in [-0.1, -0.05) is 11.6 Å². The Morgan fingerprint density at radius 1 is 1.17 bits per heavy atom. The van der Waals surface area contributed by atoms with Crippen LogP contribution in [0.1, 0.15) is 0 Å². The van der Waals surface area contributed by atoms with E-state index < -0.39 is 20.6 Å². The van der Waals surface area contributed by atoms with Crippen molar-refractivity contribution < 1.29 is 18.1 Å². The van der Waals surface area contributed by atoms with Crippen molar-refractivity contribution in [3.8, 4) is 5.75 Å². The molecule has 0 N–H and O–H groups in total. The molecule has 0 aliphatic rings. The van der Waals surface area contributed by atoms with E-state index in [2.05, 4.69) is 0 Å². The average Bonchev–Trinajstić information content (AvgIpc) is 2.97. The lowest BCUT2D eigenvalue weighted by Crippen LogP contribution is -2.12. The largest absolute Gasteiger partial charge is 0.490 e. The molecule has 0 bridgehead atoms. The molecule has 0 spiro atoms. The van der Waals surface area contributed by atoms with Gasteiger partial charge in [0.1, 0.15) is 0 Å². The molecule has 2 aromatic carbocycles. The average molecular weight is 367 g/mol. The lowest BCUT2D eigenvalue weighted by molar-refractivity contribution is -0.386. The topological polar surface area (TPSA) is 91.4 Å². The lowest BCUT2D eigenvalue weighted by atomic mass is 10.2. The summed E-state index contributed by atoms with van der Waals surface area (Å²) < 4.78 is 31.6. The predicted octanol–water partition coefficient (Wildman–Crippen LogP) is 3.45. The molecule has 1 heterocycles. The summed E-state index contributed by atoms with van der Waals surface area (Å²) in [5, 5.41) is 12.2. The predicted molar refractivity (Wildman–Crippen MR) is 89.2 cm³/mol. The Labute approximate surface area is 142 Å². The Balaban J connectivity index is 2.20. The minimum absolute atomic E-state index is 0.0110. The maximum atomic E-state index is 12.8. The second kappa shape index (κ2) is 5.81. The molecule has 1 aromatic heterocycles. The van der Waals surface area contributed by atoms with Crippen LogP contribution < -0.4 is 4.74 Å². The molecule has 0 saturated carbocycles. The van der Waals surface area contributed by atoms with Crippen LogP contribution >= 0.6 is 11.6 Å². The van der Waals surface area contributed by atoms with Crippen molar-refractivity contribution in [3.63, 3.8) is 0 Å². The third-order valence-electron chi connectivity index (χ3n) is 3.52. The highest BCUT2D eigenvalue weighted by molar-refractivity contribution is 7.90. The summed E-state index contributed by atoms with van der Waals surface area (Å²) in [7, 11) is -2.73. The maximum absolute atomic E-state index is 12.8. The third kappa shape index (κ3) is 2.59. The van der Waals surface area contributed by atoms with Crippen molar-refractivity contribution >= 4 is 38.2 Å². The van der Waals surface area contributed by atoms with Gasteiger partial charge >= 0.3 is 5.69 Å². The maximum Gasteiger partial charge on any atom is 0.312 e. The first kappa shape index (κ1) is 16.3. The van der Waals surface area contributed by atoms with Gasteiger partial charge in [0.2, 0.25) is 0 Å². The Bertz CT molecular complexity index is 1060. The summed E-state index contributed by atoms with van der Waals surface area (Å²) in [5.41, 5.74) is 0.0101. The van der Waals surface area contributed by atoms with Crippen molar-refractivity contribution in [1.29, 1.82) is 0 Å². The lowest BCUT2D eigenvalue weighted by Gasteiger charge is -2.09. The fourth-order valence-corrected chi connectivity index (χ4v) is 3.94. The Morgan fingerprint density at radius 3 is 2.58 bits per heavy atom. The van der Waals surface area contributed by atoms with E-state index in [1.165, 1.54) is 25.4 Å². The van der Waals surface area contributed by atoms with E-state index in [1.54, 1.807) is 24.3 Å². The molecular weight excluding hydrogens is 356 g/mol. The number of hydrogen-bond acceptors (Lipinski definition) is 5. The molecule has 124 valence electrons. The molecule has 24 heavy (non-hydrogen) atoms. The monoisotopic (exact) mass is 366 g/mol. The van der Waals surface area contributed by atoms with Crippen LogP contribution in [0.15, 0.2) is 53.6 Å². The van der Waals surface area contributed by atoms with E-state index in [1.807, 2.05) is 0 Å². The molecule has 3 rings (SSSR count). The standard InChI is InChI=1S/C15H11ClN2O5S/c1-23-15-5-3-12(9-14(15)18(19)20)24(21,22)17-7-6-10-8-11(16)2-4-13(10)17/h2-9H,1H3. The van der Waals surface area contributed by atoms with E-state index in [0.717, 1.165) is 10.0 Å². The molecule has 0 amide bonds. The number of rotatable bonds is 4. The van der Waals surface area contributed by atoms with E-state index in [4.69, 9.17) is 16.3 Å². The zero-order chi connectivity index (χ0) is 17.5. The minimum atomic E-state index is -4.00. The first-order chi connectivity index (χ1) is 11.3. The van der Waals surface area contributed by atoms with Gasteiger partial charge < -0.3 is 4.74 Å². The minimum Gasteiger partial charge on any atom is -0.490 e. The fraction of sp³-hybridized carbons (Fsp3) is 0.0667. The van der Waals surface area contributed by atoms with Gasteiger partial charge in [0.15, 0.2) is 5.75 Å². The number of ether oxygens (including phenoxy) is 1. The first-order valence-corrected chi connectivity index (χ1v) is 8.51. The van der Waals surface area contributed by atoms with Crippen molar-refractivity contribution in [2.75, 3.05) is 7.11 Å². The van der Waals surface area contributed by atoms with E-state index in [0.29, 0.717) is 15.9 Å². The summed E-state index contributed by atoms with van der Waals surface area (Å²) in [4.78, 5) is 10.2. The van der Waals surface area contributed by atoms with Crippen molar-refractivity contribution in [2.24, 2.45) is 0 Å². The van der Waals surface area contributed by atoms with Gasteiger partial charge in [-0.05, 0) is 36.4 Å². The summed E-state index contributed by atoms with van der Waals surface area (Å²) in [5.74, 6) is -0.0110. The molecule has 3 aromatic rings. The molecule has 0 aliphatic heterocycles. The van der Waals surface area contributed by atoms with Crippen LogP contribution in [0.2, 0.25) is 5.02 Å². The van der Waals surface area contributed by atoms with Crippen LogP contribution in [0.5, 0.6) is 5.75 Å². The van der Waals surface area contributed by atoms with Crippen LogP contribution in [-0.2, 0) is 10.0 Å². The van der Waals surface area contributed by atoms with Crippen LogP contribution in [0.4, 0.5) is 5.69 Å². The zero-order valence-electron chi connectivity index (χ0n) is 12.3. The molecule has 9 heteroatoms. The number of methoxy groups -OCH3 is 1. The summed E-state index contributed by atoms with van der Waals surface area (Å²) in [6.07, 6.45) is 1.38. The van der Waals surface area contributed by atoms with E-state index in [-0.39, 0.29) is 10.6 Å². The molecule has 0 fully saturated rings. The third-order valence-corrected chi connectivity index (χ3v) is 5.44. The molecule has 0 aliphatic carbocycles. The van der Waals surface area contributed by atoms with Crippen molar-refractivity contribution in [3.05, 3.63) is 63.8 Å². The number of nitro groups is 1. The highest BCUT2D eigenvalue weighted by Gasteiger charge is 2.24. The number of halogens is 1. The molecule has 0 atom stereocenters. The van der Waals surface area contributed by atoms with Crippen LogP contribution in [0.3, 0.4) is 0 Å². The molecular formula is C15H11ClN2O5S. The molecule has 7 nitrogen and oxygen atoms in total. The second-order valence-electron chi connectivity index (χ2n) is 4.91. The molecule has 0 radical (unpaired) electrons. The Hall–Kier alpha value is -2.58. The molecule has 0 saturated heterocycles. The highest BCUT2D eigenvalue weighted by Crippen LogP contribution is 2.31. The van der Waals surface area contributed by atoms with Gasteiger partial charge in [0.25, 0.3) is 10.0 Å². The Morgan fingerprint density at radius 2 is 1.92 bits per heavy atom. The summed E-state index contributed by atoms with van der Waals surface area (Å²) in [6, 6.07) is 9.90. The Kier molecular flexibility index (Phi) is 3.94. The smallest absolute Gasteiger partial charge is 0.312 e. The van der Waals surface area contributed by atoms with Crippen molar-refractivity contribution in [2.45, 2.75) is 4.90 Å². The van der Waals surface area contributed by atoms with Crippen molar-refractivity contribution in [1.82, 2.24) is 3.97 Å². The van der Waals surface area contributed by atoms with E-state index >= 15 is 0 Å². The fourth-order valence-electron chi connectivity index (χ4n) is 2.38. The van der Waals surface area contributed by atoms with Crippen LogP contribution in [-0.4, -0.2) is 24.4 Å².